The molecule has 5 heteroatoms. The normalized spacial score (nSPS) is 11.7. The molecule has 5 nitrogen and oxygen atoms in total. The molecule has 0 fully saturated rings. The van der Waals surface area contributed by atoms with Gasteiger partial charge in [-0.3, -0.25) is 4.79 Å². The number of rotatable bonds is 6. The van der Waals surface area contributed by atoms with Crippen molar-refractivity contribution in [2.45, 2.75) is 19.9 Å². The fourth-order valence-electron chi connectivity index (χ4n) is 3.53. The largest absolute Gasteiger partial charge is 0.452 e. The number of esters is 1. The number of fused-ring (bicyclic) bond motifs is 1. The number of benzene rings is 3. The zero-order valence-corrected chi connectivity index (χ0v) is 18.0. The summed E-state index contributed by atoms with van der Waals surface area (Å²) in [5, 5.41) is 3.54. The second-order valence-electron chi connectivity index (χ2n) is 7.71. The maximum absolute atomic E-state index is 12.9. The van der Waals surface area contributed by atoms with Gasteiger partial charge in [0.2, 0.25) is 0 Å². The van der Waals surface area contributed by atoms with Gasteiger partial charge < -0.3 is 10.1 Å². The molecule has 0 radical (unpaired) electrons. The van der Waals surface area contributed by atoms with E-state index in [1.807, 2.05) is 92.7 Å². The summed E-state index contributed by atoms with van der Waals surface area (Å²) in [6.07, 6.45) is 0. The lowest BCUT2D eigenvalue weighted by atomic mass is 10.0. The molecule has 32 heavy (non-hydrogen) atoms. The first-order chi connectivity index (χ1) is 15.5. The van der Waals surface area contributed by atoms with Crippen molar-refractivity contribution >= 4 is 22.8 Å². The van der Waals surface area contributed by atoms with Gasteiger partial charge in [-0.05, 0) is 31.5 Å². The van der Waals surface area contributed by atoms with E-state index >= 15 is 0 Å². The standard InChI is InChI=1S/C27H24N2O3/c1-18-12-14-21(15-13-18)25-16-23(22-10-6-7-11-24(22)29-25)27(31)32-17-26(30)28-19(2)20-8-4-3-5-9-20/h3-16,19H,17H2,1-2H3,(H,28,30)/t19-/m0/s1. The summed E-state index contributed by atoms with van der Waals surface area (Å²) in [5.41, 5.74) is 4.79. The molecule has 0 spiro atoms. The molecule has 1 atom stereocenters. The van der Waals surface area contributed by atoms with Crippen LogP contribution in [0.5, 0.6) is 0 Å². The number of hydrogen-bond donors (Lipinski definition) is 1. The van der Waals surface area contributed by atoms with Crippen LogP contribution in [0, 0.1) is 6.92 Å². The van der Waals surface area contributed by atoms with Gasteiger partial charge in [-0.2, -0.15) is 0 Å². The van der Waals surface area contributed by atoms with E-state index in [2.05, 4.69) is 5.32 Å². The van der Waals surface area contributed by atoms with Gasteiger partial charge in [0, 0.05) is 10.9 Å². The van der Waals surface area contributed by atoms with E-state index in [1.165, 1.54) is 0 Å². The Morgan fingerprint density at radius 3 is 2.38 bits per heavy atom. The number of aromatic nitrogens is 1. The van der Waals surface area contributed by atoms with Crippen molar-refractivity contribution in [3.63, 3.8) is 0 Å². The van der Waals surface area contributed by atoms with Crippen LogP contribution >= 0.6 is 0 Å². The van der Waals surface area contributed by atoms with Gasteiger partial charge in [0.1, 0.15) is 0 Å². The third-order valence-electron chi connectivity index (χ3n) is 5.29. The minimum Gasteiger partial charge on any atom is -0.452 e. The van der Waals surface area contributed by atoms with Crippen LogP contribution in [0.15, 0.2) is 84.9 Å². The Morgan fingerprint density at radius 2 is 1.62 bits per heavy atom. The third-order valence-corrected chi connectivity index (χ3v) is 5.29. The number of hydrogen-bond acceptors (Lipinski definition) is 4. The van der Waals surface area contributed by atoms with Crippen molar-refractivity contribution in [3.05, 3.63) is 102 Å². The zero-order chi connectivity index (χ0) is 22.5. The lowest BCUT2D eigenvalue weighted by molar-refractivity contribution is -0.124. The number of nitrogens with zero attached hydrogens (tertiary/aromatic N) is 1. The predicted molar refractivity (Wildman–Crippen MR) is 125 cm³/mol. The van der Waals surface area contributed by atoms with Crippen molar-refractivity contribution in [1.29, 1.82) is 0 Å². The Balaban J connectivity index is 1.52. The Labute approximate surface area is 187 Å². The van der Waals surface area contributed by atoms with Crippen LogP contribution < -0.4 is 5.32 Å². The topological polar surface area (TPSA) is 68.3 Å². The molecule has 0 aliphatic carbocycles. The third kappa shape index (κ3) is 4.83. The summed E-state index contributed by atoms with van der Waals surface area (Å²) in [6.45, 7) is 3.55. The lowest BCUT2D eigenvalue weighted by Gasteiger charge is -2.15. The first-order valence-corrected chi connectivity index (χ1v) is 10.5. The fraction of sp³-hybridized carbons (Fsp3) is 0.148. The molecule has 3 aromatic carbocycles. The van der Waals surface area contributed by atoms with Crippen molar-refractivity contribution in [2.24, 2.45) is 0 Å². The van der Waals surface area contributed by atoms with Gasteiger partial charge in [0.25, 0.3) is 5.91 Å². The number of carbonyl (C=O) groups excluding carboxylic acids is 2. The number of nitrogens with one attached hydrogen (secondary N) is 1. The second kappa shape index (κ2) is 9.43. The van der Waals surface area contributed by atoms with Gasteiger partial charge in [0.15, 0.2) is 6.61 Å². The molecule has 0 saturated heterocycles. The van der Waals surface area contributed by atoms with E-state index < -0.39 is 5.97 Å². The summed E-state index contributed by atoms with van der Waals surface area (Å²) in [6, 6.07) is 26.5. The lowest BCUT2D eigenvalue weighted by Crippen LogP contribution is -2.31. The Kier molecular flexibility index (Phi) is 6.26. The zero-order valence-electron chi connectivity index (χ0n) is 18.0. The molecule has 160 valence electrons. The van der Waals surface area contributed by atoms with Crippen LogP contribution in [0.1, 0.15) is 34.5 Å². The van der Waals surface area contributed by atoms with Crippen molar-refractivity contribution in [3.8, 4) is 11.3 Å². The van der Waals surface area contributed by atoms with Gasteiger partial charge >= 0.3 is 5.97 Å². The number of pyridine rings is 1. The quantitative estimate of drug-likeness (QED) is 0.430. The molecule has 0 saturated carbocycles. The molecular formula is C27H24N2O3. The Hall–Kier alpha value is -3.99. The monoisotopic (exact) mass is 424 g/mol. The highest BCUT2D eigenvalue weighted by atomic mass is 16.5. The molecule has 4 aromatic rings. The Morgan fingerprint density at radius 1 is 0.938 bits per heavy atom. The van der Waals surface area contributed by atoms with E-state index in [0.717, 1.165) is 16.7 Å². The number of amides is 1. The van der Waals surface area contributed by atoms with E-state index in [4.69, 9.17) is 9.72 Å². The minimum atomic E-state index is -0.556. The molecule has 4 rings (SSSR count). The smallest absolute Gasteiger partial charge is 0.339 e. The number of carbonyl (C=O) groups is 2. The molecule has 1 heterocycles. The van der Waals surface area contributed by atoms with E-state index in [0.29, 0.717) is 22.2 Å². The Bertz CT molecular complexity index is 1250. The van der Waals surface area contributed by atoms with Gasteiger partial charge in [-0.25, -0.2) is 9.78 Å². The van der Waals surface area contributed by atoms with Crippen LogP contribution in [0.3, 0.4) is 0 Å². The molecule has 0 aliphatic heterocycles. The number of para-hydroxylation sites is 1. The van der Waals surface area contributed by atoms with Gasteiger partial charge in [-0.15, -0.1) is 0 Å². The van der Waals surface area contributed by atoms with Crippen LogP contribution in [0.4, 0.5) is 0 Å². The highest BCUT2D eigenvalue weighted by Crippen LogP contribution is 2.25. The molecule has 1 aromatic heterocycles. The molecule has 1 amide bonds. The summed E-state index contributed by atoms with van der Waals surface area (Å²) < 4.78 is 5.37. The summed E-state index contributed by atoms with van der Waals surface area (Å²) in [5.74, 6) is -0.911. The summed E-state index contributed by atoms with van der Waals surface area (Å²) in [7, 11) is 0. The van der Waals surface area contributed by atoms with E-state index in [1.54, 1.807) is 6.07 Å². The number of aryl methyl sites for hydroxylation is 1. The molecular weight excluding hydrogens is 400 g/mol. The van der Waals surface area contributed by atoms with Gasteiger partial charge in [0.05, 0.1) is 22.8 Å². The predicted octanol–water partition coefficient (Wildman–Crippen LogP) is 5.24. The highest BCUT2D eigenvalue weighted by molar-refractivity contribution is 6.05. The molecule has 1 N–H and O–H groups in total. The molecule has 0 bridgehead atoms. The van der Waals surface area contributed by atoms with Crippen LogP contribution in [-0.4, -0.2) is 23.5 Å². The average Bonchev–Trinajstić information content (AvgIpc) is 2.83. The molecule has 0 unspecified atom stereocenters. The SMILES string of the molecule is Cc1ccc(-c2cc(C(=O)OCC(=O)N[C@@H](C)c3ccccc3)c3ccccc3n2)cc1. The maximum Gasteiger partial charge on any atom is 0.339 e. The second-order valence-corrected chi connectivity index (χ2v) is 7.71. The van der Waals surface area contributed by atoms with E-state index in [9.17, 15) is 9.59 Å². The van der Waals surface area contributed by atoms with E-state index in [-0.39, 0.29) is 18.6 Å². The first kappa shape index (κ1) is 21.2. The van der Waals surface area contributed by atoms with Gasteiger partial charge in [-0.1, -0.05) is 78.4 Å². The molecule has 0 aliphatic rings. The van der Waals surface area contributed by atoms with Crippen LogP contribution in [0.2, 0.25) is 0 Å². The summed E-state index contributed by atoms with van der Waals surface area (Å²) >= 11 is 0. The van der Waals surface area contributed by atoms with Crippen molar-refractivity contribution in [1.82, 2.24) is 10.3 Å². The van der Waals surface area contributed by atoms with Crippen molar-refractivity contribution < 1.29 is 14.3 Å². The van der Waals surface area contributed by atoms with Crippen molar-refractivity contribution in [2.75, 3.05) is 6.61 Å². The maximum atomic E-state index is 12.9. The van der Waals surface area contributed by atoms with Crippen LogP contribution in [-0.2, 0) is 9.53 Å². The number of ether oxygens (including phenoxy) is 1. The summed E-state index contributed by atoms with van der Waals surface area (Å²) in [4.78, 5) is 30.0. The fourth-order valence-corrected chi connectivity index (χ4v) is 3.53. The minimum absolute atomic E-state index is 0.183. The van der Waals surface area contributed by atoms with Crippen LogP contribution in [0.25, 0.3) is 22.2 Å². The first-order valence-electron chi connectivity index (χ1n) is 10.5. The average molecular weight is 425 g/mol. The highest BCUT2D eigenvalue weighted by Gasteiger charge is 2.17.